The molecule has 34 heavy (non-hydrogen) atoms. The third-order valence-corrected chi connectivity index (χ3v) is 7.16. The Morgan fingerprint density at radius 3 is 2.32 bits per heavy atom. The summed E-state index contributed by atoms with van der Waals surface area (Å²) < 4.78 is 2.25. The number of nitrogens with one attached hydrogen (secondary N) is 1. The van der Waals surface area contributed by atoms with Gasteiger partial charge in [-0.3, -0.25) is 4.98 Å². The van der Waals surface area contributed by atoms with Crippen molar-refractivity contribution < 1.29 is 0 Å². The highest BCUT2D eigenvalue weighted by atomic mass is 32.1. The summed E-state index contributed by atoms with van der Waals surface area (Å²) in [6, 6.07) is 18.8. The fourth-order valence-corrected chi connectivity index (χ4v) is 5.29. The molecular formula is C28H29N5S. The average Bonchev–Trinajstić information content (AvgIpc) is 3.32. The zero-order valence-corrected chi connectivity index (χ0v) is 21.0. The maximum absolute atomic E-state index is 5.92. The molecule has 6 heteroatoms. The van der Waals surface area contributed by atoms with Crippen LogP contribution in [0.3, 0.4) is 0 Å². The monoisotopic (exact) mass is 467 g/mol. The zero-order valence-electron chi connectivity index (χ0n) is 20.2. The number of hydrogen-bond acceptors (Lipinski definition) is 3. The number of nitrogens with zero attached hydrogens (tertiary/aromatic N) is 4. The maximum atomic E-state index is 5.92. The van der Waals surface area contributed by atoms with Crippen LogP contribution in [0.5, 0.6) is 0 Å². The molecule has 0 aliphatic carbocycles. The third kappa shape index (κ3) is 3.68. The Hall–Kier alpha value is -3.51. The number of hydrogen-bond donors (Lipinski definition) is 1. The van der Waals surface area contributed by atoms with E-state index in [0.717, 1.165) is 34.2 Å². The Morgan fingerprint density at radius 2 is 1.62 bits per heavy atom. The molecule has 0 radical (unpaired) electrons. The van der Waals surface area contributed by atoms with Crippen LogP contribution in [0.4, 0.5) is 5.69 Å². The molecule has 1 fully saturated rings. The van der Waals surface area contributed by atoms with Crippen molar-refractivity contribution in [2.75, 3.05) is 4.90 Å². The van der Waals surface area contributed by atoms with Gasteiger partial charge in [0.15, 0.2) is 5.11 Å². The van der Waals surface area contributed by atoms with Gasteiger partial charge in [-0.05, 0) is 105 Å². The Morgan fingerprint density at radius 1 is 0.824 bits per heavy atom. The van der Waals surface area contributed by atoms with Gasteiger partial charge in [-0.1, -0.05) is 18.2 Å². The highest BCUT2D eigenvalue weighted by Gasteiger charge is 2.42. The summed E-state index contributed by atoms with van der Waals surface area (Å²) in [7, 11) is 0. The van der Waals surface area contributed by atoms with E-state index in [-0.39, 0.29) is 12.1 Å². The van der Waals surface area contributed by atoms with Crippen molar-refractivity contribution in [1.82, 2.24) is 19.9 Å². The van der Waals surface area contributed by atoms with E-state index < -0.39 is 0 Å². The normalized spacial score (nSPS) is 17.8. The molecule has 0 bridgehead atoms. The summed E-state index contributed by atoms with van der Waals surface area (Å²) in [5, 5.41) is 4.29. The van der Waals surface area contributed by atoms with Crippen LogP contribution in [0.25, 0.3) is 5.82 Å². The molecule has 4 aromatic rings. The van der Waals surface area contributed by atoms with Gasteiger partial charge < -0.3 is 14.8 Å². The quantitative estimate of drug-likeness (QED) is 0.374. The second-order valence-electron chi connectivity index (χ2n) is 9.07. The minimum Gasteiger partial charge on any atom is -0.351 e. The van der Waals surface area contributed by atoms with Gasteiger partial charge >= 0.3 is 0 Å². The van der Waals surface area contributed by atoms with Crippen molar-refractivity contribution in [2.45, 2.75) is 46.7 Å². The van der Waals surface area contributed by atoms with Gasteiger partial charge in [-0.25, -0.2) is 4.98 Å². The summed E-state index contributed by atoms with van der Waals surface area (Å²) in [6.07, 6.45) is 3.70. The number of benzene rings is 1. The number of thiocarbonyl (C=S) groups is 1. The van der Waals surface area contributed by atoms with Gasteiger partial charge in [-0.15, -0.1) is 0 Å². The van der Waals surface area contributed by atoms with Crippen LogP contribution in [-0.2, 0) is 0 Å². The van der Waals surface area contributed by atoms with E-state index in [2.05, 4.69) is 85.8 Å². The van der Waals surface area contributed by atoms with Crippen molar-refractivity contribution in [3.05, 3.63) is 106 Å². The Labute approximate surface area is 206 Å². The first-order valence-electron chi connectivity index (χ1n) is 11.6. The molecule has 0 amide bonds. The molecule has 172 valence electrons. The molecule has 3 aromatic heterocycles. The van der Waals surface area contributed by atoms with Crippen LogP contribution in [0.1, 0.15) is 51.4 Å². The van der Waals surface area contributed by atoms with Crippen LogP contribution in [0.15, 0.2) is 67.0 Å². The maximum Gasteiger partial charge on any atom is 0.174 e. The fourth-order valence-electron chi connectivity index (χ4n) is 4.95. The molecule has 5 rings (SSSR count). The smallest absolute Gasteiger partial charge is 0.174 e. The Kier molecular flexibility index (Phi) is 5.70. The summed E-state index contributed by atoms with van der Waals surface area (Å²) >= 11 is 5.92. The lowest BCUT2D eigenvalue weighted by molar-refractivity contribution is 0.565. The number of pyridine rings is 2. The summed E-state index contributed by atoms with van der Waals surface area (Å²) in [5.74, 6) is 0.962. The van der Waals surface area contributed by atoms with Crippen molar-refractivity contribution >= 4 is 23.0 Å². The SMILES string of the molecule is Cc1ccc(N2C(=S)N[C@@H](c3ccccn3)[C@@H]2c2cc(C)n(-c3ncccc3C)c2C)cc1C. The first-order chi connectivity index (χ1) is 16.4. The zero-order chi connectivity index (χ0) is 24.0. The van der Waals surface area contributed by atoms with Gasteiger partial charge in [0.05, 0.1) is 17.8 Å². The van der Waals surface area contributed by atoms with E-state index in [9.17, 15) is 0 Å². The Balaban J connectivity index is 1.70. The summed E-state index contributed by atoms with van der Waals surface area (Å²) in [5.41, 5.74) is 9.23. The molecule has 0 saturated carbocycles. The standard InChI is InChI=1S/C28H29N5S/c1-17-11-12-22(15-19(17)3)33-26(25(31-28(33)34)24-10-6-7-13-29-24)23-16-20(4)32(21(23)5)27-18(2)9-8-14-30-27/h6-16,25-26H,1-5H3,(H,31,34)/t25-,26-/m0/s1. The molecule has 1 aliphatic rings. The fraction of sp³-hybridized carbons (Fsp3) is 0.250. The van der Waals surface area contributed by atoms with Crippen molar-refractivity contribution in [3.63, 3.8) is 0 Å². The molecule has 0 unspecified atom stereocenters. The molecule has 1 aliphatic heterocycles. The van der Waals surface area contributed by atoms with Crippen LogP contribution in [0, 0.1) is 34.6 Å². The van der Waals surface area contributed by atoms with Crippen LogP contribution >= 0.6 is 12.2 Å². The van der Waals surface area contributed by atoms with Crippen LogP contribution < -0.4 is 10.2 Å². The lowest BCUT2D eigenvalue weighted by Crippen LogP contribution is -2.29. The molecule has 4 heterocycles. The molecule has 0 spiro atoms. The molecular weight excluding hydrogens is 438 g/mol. The first-order valence-corrected chi connectivity index (χ1v) is 12.0. The molecule has 1 N–H and O–H groups in total. The predicted molar refractivity (Wildman–Crippen MR) is 142 cm³/mol. The van der Waals surface area contributed by atoms with E-state index in [1.807, 2.05) is 30.6 Å². The molecule has 1 aromatic carbocycles. The van der Waals surface area contributed by atoms with Crippen LogP contribution in [-0.4, -0.2) is 19.6 Å². The third-order valence-electron chi connectivity index (χ3n) is 6.85. The predicted octanol–water partition coefficient (Wildman–Crippen LogP) is 5.99. The van der Waals surface area contributed by atoms with Gasteiger partial charge in [0.1, 0.15) is 5.82 Å². The van der Waals surface area contributed by atoms with Crippen molar-refractivity contribution in [2.24, 2.45) is 0 Å². The molecule has 2 atom stereocenters. The average molecular weight is 468 g/mol. The van der Waals surface area contributed by atoms with Crippen LogP contribution in [0.2, 0.25) is 0 Å². The van der Waals surface area contributed by atoms with E-state index in [0.29, 0.717) is 5.11 Å². The highest BCUT2D eigenvalue weighted by molar-refractivity contribution is 7.80. The summed E-state index contributed by atoms with van der Waals surface area (Å²) in [4.78, 5) is 11.6. The topological polar surface area (TPSA) is 46.0 Å². The molecule has 5 nitrogen and oxygen atoms in total. The van der Waals surface area contributed by atoms with Gasteiger partial charge in [0.25, 0.3) is 0 Å². The minimum absolute atomic E-state index is 0.0477. The molecule has 1 saturated heterocycles. The second-order valence-corrected chi connectivity index (χ2v) is 9.46. The minimum atomic E-state index is -0.0749. The number of aromatic nitrogens is 3. The van der Waals surface area contributed by atoms with Gasteiger partial charge in [0, 0.05) is 29.5 Å². The first kappa shape index (κ1) is 22.3. The van der Waals surface area contributed by atoms with E-state index >= 15 is 0 Å². The highest BCUT2D eigenvalue weighted by Crippen LogP contribution is 2.44. The lowest BCUT2D eigenvalue weighted by atomic mass is 9.96. The van der Waals surface area contributed by atoms with Crippen molar-refractivity contribution in [3.8, 4) is 5.82 Å². The van der Waals surface area contributed by atoms with E-state index in [4.69, 9.17) is 22.2 Å². The lowest BCUT2D eigenvalue weighted by Gasteiger charge is -2.28. The largest absolute Gasteiger partial charge is 0.351 e. The second kappa shape index (κ2) is 8.69. The van der Waals surface area contributed by atoms with E-state index in [1.54, 1.807) is 0 Å². The Bertz CT molecular complexity index is 1380. The number of aryl methyl sites for hydroxylation is 4. The number of anilines is 1. The summed E-state index contributed by atoms with van der Waals surface area (Å²) in [6.45, 7) is 10.7. The van der Waals surface area contributed by atoms with Gasteiger partial charge in [0.2, 0.25) is 0 Å². The van der Waals surface area contributed by atoms with E-state index in [1.165, 1.54) is 16.7 Å². The number of rotatable bonds is 4. The van der Waals surface area contributed by atoms with Gasteiger partial charge in [-0.2, -0.15) is 0 Å². The van der Waals surface area contributed by atoms with Crippen molar-refractivity contribution in [1.29, 1.82) is 0 Å².